The van der Waals surface area contributed by atoms with Crippen molar-refractivity contribution in [1.82, 2.24) is 10.4 Å². The third-order valence-electron chi connectivity index (χ3n) is 4.96. The predicted octanol–water partition coefficient (Wildman–Crippen LogP) is 5.61. The van der Waals surface area contributed by atoms with E-state index in [0.29, 0.717) is 27.5 Å². The molecule has 1 N–H and O–H groups in total. The summed E-state index contributed by atoms with van der Waals surface area (Å²) in [5, 5.41) is 1.30. The van der Waals surface area contributed by atoms with Crippen molar-refractivity contribution in [2.45, 2.75) is 6.61 Å². The van der Waals surface area contributed by atoms with E-state index in [9.17, 15) is 14.0 Å². The first-order valence-electron chi connectivity index (χ1n) is 10.2. The number of nitrogens with one attached hydrogen (secondary N) is 1. The molecular formula is C25H18ClFN2O4S2. The van der Waals surface area contributed by atoms with Gasteiger partial charge in [-0.25, -0.2) is 4.39 Å². The van der Waals surface area contributed by atoms with Crippen LogP contribution in [0.3, 0.4) is 0 Å². The molecule has 0 bridgehead atoms. The molecule has 0 aliphatic carbocycles. The lowest BCUT2D eigenvalue weighted by Gasteiger charge is -2.15. The Hall–Kier alpha value is -3.40. The molecule has 3 aromatic carbocycles. The normalized spacial score (nSPS) is 14.4. The molecule has 6 nitrogen and oxygen atoms in total. The number of thioether (sulfide) groups is 1. The summed E-state index contributed by atoms with van der Waals surface area (Å²) in [5.74, 6) is -0.615. The number of benzene rings is 3. The Morgan fingerprint density at radius 2 is 1.91 bits per heavy atom. The average Bonchev–Trinajstić information content (AvgIpc) is 3.11. The summed E-state index contributed by atoms with van der Waals surface area (Å²) in [7, 11) is 1.48. The van der Waals surface area contributed by atoms with Gasteiger partial charge in [0.15, 0.2) is 15.8 Å². The molecule has 1 heterocycles. The molecule has 35 heavy (non-hydrogen) atoms. The van der Waals surface area contributed by atoms with Gasteiger partial charge in [0.1, 0.15) is 12.4 Å². The molecule has 3 aromatic rings. The quantitative estimate of drug-likeness (QED) is 0.317. The van der Waals surface area contributed by atoms with Gasteiger partial charge in [0.25, 0.3) is 11.8 Å². The Bertz CT molecular complexity index is 1310. The van der Waals surface area contributed by atoms with Crippen molar-refractivity contribution in [2.75, 3.05) is 7.11 Å². The lowest BCUT2D eigenvalue weighted by atomic mass is 10.1. The number of carbonyl (C=O) groups is 2. The lowest BCUT2D eigenvalue weighted by Crippen LogP contribution is -2.44. The first-order valence-corrected chi connectivity index (χ1v) is 11.9. The molecular weight excluding hydrogens is 511 g/mol. The molecule has 1 aliphatic heterocycles. The summed E-state index contributed by atoms with van der Waals surface area (Å²) in [6.45, 7) is -0.112. The van der Waals surface area contributed by atoms with Gasteiger partial charge < -0.3 is 9.47 Å². The maximum Gasteiger partial charge on any atom is 0.285 e. The van der Waals surface area contributed by atoms with Crippen LogP contribution in [-0.4, -0.2) is 28.3 Å². The van der Waals surface area contributed by atoms with Gasteiger partial charge in [-0.1, -0.05) is 53.7 Å². The number of thiocarbonyl (C=S) groups is 1. The zero-order chi connectivity index (χ0) is 24.9. The Morgan fingerprint density at radius 1 is 1.14 bits per heavy atom. The Kier molecular flexibility index (Phi) is 7.70. The molecule has 1 saturated heterocycles. The maximum absolute atomic E-state index is 14.1. The zero-order valence-electron chi connectivity index (χ0n) is 18.3. The van der Waals surface area contributed by atoms with E-state index in [-0.39, 0.29) is 21.5 Å². The number of nitrogens with zero attached hydrogens (tertiary/aromatic N) is 1. The smallest absolute Gasteiger partial charge is 0.285 e. The van der Waals surface area contributed by atoms with Crippen LogP contribution in [0.5, 0.6) is 11.5 Å². The van der Waals surface area contributed by atoms with E-state index in [2.05, 4.69) is 5.43 Å². The molecule has 1 aliphatic rings. The number of methoxy groups -OCH3 is 1. The van der Waals surface area contributed by atoms with Crippen LogP contribution in [0.15, 0.2) is 71.6 Å². The van der Waals surface area contributed by atoms with E-state index in [1.54, 1.807) is 60.7 Å². The number of carbonyl (C=O) groups excluding carboxylic acids is 2. The van der Waals surface area contributed by atoms with Crippen molar-refractivity contribution in [3.05, 3.63) is 99.2 Å². The van der Waals surface area contributed by atoms with E-state index < -0.39 is 17.6 Å². The van der Waals surface area contributed by atoms with Crippen LogP contribution >= 0.6 is 35.6 Å². The van der Waals surface area contributed by atoms with Crippen molar-refractivity contribution in [3.8, 4) is 11.5 Å². The van der Waals surface area contributed by atoms with E-state index in [4.69, 9.17) is 33.3 Å². The van der Waals surface area contributed by atoms with Gasteiger partial charge in [0, 0.05) is 11.1 Å². The summed E-state index contributed by atoms with van der Waals surface area (Å²) in [6, 6.07) is 18.0. The average molecular weight is 529 g/mol. The fourth-order valence-corrected chi connectivity index (χ4v) is 4.58. The number of hydrogen-bond donors (Lipinski definition) is 1. The number of hydrogen-bond acceptors (Lipinski definition) is 6. The zero-order valence-corrected chi connectivity index (χ0v) is 20.7. The molecule has 10 heteroatoms. The first-order chi connectivity index (χ1) is 16.9. The minimum atomic E-state index is -0.478. The highest BCUT2D eigenvalue weighted by molar-refractivity contribution is 8.26. The molecule has 0 unspecified atom stereocenters. The SMILES string of the molecule is COc1ccc(C=C2SC(=S)N(NC(=O)c3ccccc3)C2=O)cc1OCc1c(F)cccc1Cl. The highest BCUT2D eigenvalue weighted by Crippen LogP contribution is 2.35. The van der Waals surface area contributed by atoms with Crippen molar-refractivity contribution in [3.63, 3.8) is 0 Å². The molecule has 0 saturated carbocycles. The molecule has 0 atom stereocenters. The maximum atomic E-state index is 14.1. The van der Waals surface area contributed by atoms with Crippen molar-refractivity contribution < 1.29 is 23.5 Å². The lowest BCUT2D eigenvalue weighted by molar-refractivity contribution is -0.123. The van der Waals surface area contributed by atoms with Crippen molar-refractivity contribution >= 4 is 57.8 Å². The summed E-state index contributed by atoms with van der Waals surface area (Å²) < 4.78 is 25.4. The standard InChI is InChI=1S/C25H18ClFN2O4S2/c1-32-20-11-10-15(12-21(20)33-14-17-18(26)8-5-9-19(17)27)13-22-24(31)29(25(34)35-22)28-23(30)16-6-3-2-4-7-16/h2-13H,14H2,1H3,(H,28,30). The van der Waals surface area contributed by atoms with E-state index in [0.717, 1.165) is 16.8 Å². The van der Waals surface area contributed by atoms with E-state index in [1.807, 2.05) is 0 Å². The fraction of sp³-hybridized carbons (Fsp3) is 0.0800. The van der Waals surface area contributed by atoms with Crippen LogP contribution in [0.2, 0.25) is 5.02 Å². The highest BCUT2D eigenvalue weighted by Gasteiger charge is 2.33. The van der Waals surface area contributed by atoms with Crippen LogP contribution in [0, 0.1) is 5.82 Å². The van der Waals surface area contributed by atoms with Gasteiger partial charge in [-0.05, 0) is 60.3 Å². The Labute approximate surface area is 215 Å². The molecule has 0 aromatic heterocycles. The van der Waals surface area contributed by atoms with Crippen LogP contribution < -0.4 is 14.9 Å². The van der Waals surface area contributed by atoms with Crippen LogP contribution in [0.25, 0.3) is 6.08 Å². The summed E-state index contributed by atoms with van der Waals surface area (Å²) >= 11 is 12.4. The molecule has 0 spiro atoms. The van der Waals surface area contributed by atoms with Gasteiger partial charge in [-0.3, -0.25) is 15.0 Å². The molecule has 4 rings (SSSR count). The minimum absolute atomic E-state index is 0.112. The second-order valence-corrected chi connectivity index (χ2v) is 9.31. The minimum Gasteiger partial charge on any atom is -0.493 e. The van der Waals surface area contributed by atoms with Crippen LogP contribution in [-0.2, 0) is 11.4 Å². The topological polar surface area (TPSA) is 67.9 Å². The third-order valence-corrected chi connectivity index (χ3v) is 6.62. The largest absolute Gasteiger partial charge is 0.493 e. The second kappa shape index (κ2) is 10.9. The van der Waals surface area contributed by atoms with Gasteiger partial charge in [0.05, 0.1) is 17.0 Å². The Morgan fingerprint density at radius 3 is 2.63 bits per heavy atom. The number of amides is 2. The summed E-state index contributed by atoms with van der Waals surface area (Å²) in [4.78, 5) is 25.7. The number of ether oxygens (including phenoxy) is 2. The van der Waals surface area contributed by atoms with Gasteiger partial charge >= 0.3 is 0 Å². The first kappa shape index (κ1) is 24.7. The number of rotatable bonds is 7. The highest BCUT2D eigenvalue weighted by atomic mass is 35.5. The van der Waals surface area contributed by atoms with Gasteiger partial charge in [-0.2, -0.15) is 5.01 Å². The van der Waals surface area contributed by atoms with Crippen LogP contribution in [0.1, 0.15) is 21.5 Å². The van der Waals surface area contributed by atoms with Crippen molar-refractivity contribution in [2.24, 2.45) is 0 Å². The second-order valence-electron chi connectivity index (χ2n) is 7.22. The Balaban J connectivity index is 1.52. The fourth-order valence-electron chi connectivity index (χ4n) is 3.19. The monoisotopic (exact) mass is 528 g/mol. The number of halogens is 2. The van der Waals surface area contributed by atoms with E-state index in [1.165, 1.54) is 19.2 Å². The molecule has 1 fully saturated rings. The van der Waals surface area contributed by atoms with E-state index >= 15 is 0 Å². The summed E-state index contributed by atoms with van der Waals surface area (Å²) in [5.41, 5.74) is 3.78. The number of hydrazine groups is 1. The molecule has 0 radical (unpaired) electrons. The van der Waals surface area contributed by atoms with Crippen molar-refractivity contribution in [1.29, 1.82) is 0 Å². The predicted molar refractivity (Wildman–Crippen MR) is 138 cm³/mol. The third kappa shape index (κ3) is 5.64. The van der Waals surface area contributed by atoms with Gasteiger partial charge in [-0.15, -0.1) is 0 Å². The summed E-state index contributed by atoms with van der Waals surface area (Å²) in [6.07, 6.45) is 1.62. The molecule has 2 amide bonds. The molecule has 178 valence electrons. The van der Waals surface area contributed by atoms with Gasteiger partial charge in [0.2, 0.25) is 0 Å². The van der Waals surface area contributed by atoms with Crippen LogP contribution in [0.4, 0.5) is 4.39 Å².